The molecule has 0 aromatic heterocycles. The van der Waals surface area contributed by atoms with Crippen molar-refractivity contribution in [1.29, 1.82) is 0 Å². The molecule has 52 heavy (non-hydrogen) atoms. The van der Waals surface area contributed by atoms with Gasteiger partial charge in [-0.1, -0.05) is 47.8 Å². The van der Waals surface area contributed by atoms with Crippen LogP contribution in [0.1, 0.15) is 51.4 Å². The molecule has 1 atom stereocenters. The van der Waals surface area contributed by atoms with Gasteiger partial charge < -0.3 is 70.5 Å². The van der Waals surface area contributed by atoms with E-state index in [0.29, 0.717) is 70.9 Å². The van der Waals surface area contributed by atoms with Gasteiger partial charge in [0.1, 0.15) is 5.54 Å². The molecule has 1 unspecified atom stereocenters. The Balaban J connectivity index is -0.00000800. The smallest absolute Gasteiger partial charge is 0.222 e. The second-order valence-corrected chi connectivity index (χ2v) is 14.0. The Morgan fingerprint density at radius 1 is 0.577 bits per heavy atom. The van der Waals surface area contributed by atoms with E-state index in [2.05, 4.69) is 42.0 Å². The van der Waals surface area contributed by atoms with E-state index in [1.54, 1.807) is 0 Å². The number of ether oxygens (including phenoxy) is 6. The van der Waals surface area contributed by atoms with Gasteiger partial charge in [-0.05, 0) is 19.3 Å². The van der Waals surface area contributed by atoms with Crippen LogP contribution in [0, 0.1) is 20.8 Å². The zero-order valence-electron chi connectivity index (χ0n) is 30.8. The number of hydrogen-bond donors (Lipinski definition) is 4. The minimum atomic E-state index is -1.13. The molecule has 4 N–H and O–H groups in total. The summed E-state index contributed by atoms with van der Waals surface area (Å²) in [5.74, 6) is 0.383. The number of hydrogen-bond acceptors (Lipinski definition) is 12. The summed E-state index contributed by atoms with van der Waals surface area (Å²) in [7, 11) is 3.83. The van der Waals surface area contributed by atoms with Gasteiger partial charge in [-0.2, -0.15) is 0 Å². The molecule has 1 aliphatic rings. The van der Waals surface area contributed by atoms with Crippen molar-refractivity contribution in [2.45, 2.75) is 62.2 Å². The van der Waals surface area contributed by atoms with Crippen molar-refractivity contribution in [2.24, 2.45) is 0 Å². The molecule has 1 fully saturated rings. The number of unbranched alkanes of at least 4 members (excludes halogenated alkanes) is 1. The van der Waals surface area contributed by atoms with Gasteiger partial charge in [-0.3, -0.25) is 19.2 Å². The first kappa shape index (κ1) is 58.0. The fourth-order valence-corrected chi connectivity index (χ4v) is 7.50. The normalized spacial score (nSPS) is 13.6. The van der Waals surface area contributed by atoms with Gasteiger partial charge in [0, 0.05) is 154 Å². The Morgan fingerprint density at radius 3 is 1.37 bits per heavy atom. The number of nitrogens with one attached hydrogen (secondary N) is 4. The maximum absolute atomic E-state index is 13.3. The van der Waals surface area contributed by atoms with Gasteiger partial charge in [-0.25, -0.2) is 0 Å². The van der Waals surface area contributed by atoms with Crippen molar-refractivity contribution in [2.75, 3.05) is 105 Å². The van der Waals surface area contributed by atoms with Crippen LogP contribution in [0.5, 0.6) is 0 Å². The van der Waals surface area contributed by atoms with E-state index in [9.17, 15) is 19.2 Å². The quantitative estimate of drug-likeness (QED) is 0.0427. The molecule has 14 nitrogen and oxygen atoms in total. The molecule has 19 heteroatoms. The first-order chi connectivity index (χ1) is 23.8. The van der Waals surface area contributed by atoms with Crippen molar-refractivity contribution in [1.82, 2.24) is 21.3 Å². The first-order valence-corrected chi connectivity index (χ1v) is 19.5. The fourth-order valence-electron chi connectivity index (χ4n) is 4.47. The molecule has 295 valence electrons. The fraction of sp³-hybridized carbons (Fsp3) is 0.788. The van der Waals surface area contributed by atoms with E-state index in [1.165, 1.54) is 12.2 Å². The predicted molar refractivity (Wildman–Crippen MR) is 192 cm³/mol. The molecule has 4 amide bonds. The van der Waals surface area contributed by atoms with Crippen molar-refractivity contribution in [3.63, 3.8) is 0 Å². The second kappa shape index (κ2) is 40.8. The summed E-state index contributed by atoms with van der Waals surface area (Å²) in [6.07, 6.45) is 4.57. The largest absolute Gasteiger partial charge is 0.412 e. The monoisotopic (exact) mass is 1000 g/mol. The molecule has 1 saturated heterocycles. The van der Waals surface area contributed by atoms with Gasteiger partial charge in [0.05, 0.1) is 59.5 Å². The van der Waals surface area contributed by atoms with Crippen LogP contribution in [0.2, 0.25) is 0 Å². The van der Waals surface area contributed by atoms with E-state index in [4.69, 9.17) is 28.4 Å². The summed E-state index contributed by atoms with van der Waals surface area (Å²) in [5.41, 5.74) is -1.13. The summed E-state index contributed by atoms with van der Waals surface area (Å²) >= 11 is 0. The van der Waals surface area contributed by atoms with Gasteiger partial charge in [-0.15, -0.1) is 0 Å². The molecule has 1 aliphatic heterocycles. The minimum Gasteiger partial charge on any atom is -0.412 e. The third kappa shape index (κ3) is 33.8. The summed E-state index contributed by atoms with van der Waals surface area (Å²) in [4.78, 5) is 50.0. The van der Waals surface area contributed by atoms with E-state index in [1.807, 2.05) is 21.6 Å². The molecule has 0 aliphatic carbocycles. The zero-order valence-corrected chi connectivity index (χ0v) is 40.9. The van der Waals surface area contributed by atoms with Gasteiger partial charge in [0.2, 0.25) is 23.6 Å². The van der Waals surface area contributed by atoms with Crippen molar-refractivity contribution < 1.29 is 146 Å². The Kier molecular flexibility index (Phi) is 45.5. The van der Waals surface area contributed by atoms with Gasteiger partial charge >= 0.3 is 0 Å². The molecule has 1 rings (SSSR count). The number of amides is 4. The van der Waals surface area contributed by atoms with E-state index in [0.717, 1.165) is 19.3 Å². The van der Waals surface area contributed by atoms with Crippen LogP contribution in [0.15, 0.2) is 0 Å². The molecule has 0 saturated carbocycles. The van der Waals surface area contributed by atoms with Crippen LogP contribution in [-0.2, 0) is 146 Å². The Labute approximate surface area is 395 Å². The van der Waals surface area contributed by atoms with Crippen molar-refractivity contribution in [3.8, 4) is 0 Å². The van der Waals surface area contributed by atoms with Crippen molar-refractivity contribution >= 4 is 45.2 Å². The third-order valence-electron chi connectivity index (χ3n) is 7.01. The zero-order chi connectivity index (χ0) is 35.8. The van der Waals surface area contributed by atoms with Crippen LogP contribution in [0.4, 0.5) is 0 Å². The van der Waals surface area contributed by atoms with Crippen LogP contribution < -0.4 is 21.3 Å². The third-order valence-corrected chi connectivity index (χ3v) is 10.0. The van der Waals surface area contributed by atoms with Crippen LogP contribution >= 0.6 is 21.6 Å². The van der Waals surface area contributed by atoms with E-state index >= 15 is 0 Å². The number of carbonyl (C=O) groups excluding carboxylic acids is 4. The summed E-state index contributed by atoms with van der Waals surface area (Å²) in [6, 6.07) is 0. The summed E-state index contributed by atoms with van der Waals surface area (Å²) in [5, 5.41) is 12.0. The van der Waals surface area contributed by atoms with E-state index < -0.39 is 5.54 Å². The van der Waals surface area contributed by atoms with Crippen LogP contribution in [-0.4, -0.2) is 139 Å². The topological polar surface area (TPSA) is 172 Å². The van der Waals surface area contributed by atoms with E-state index in [-0.39, 0.29) is 181 Å². The van der Waals surface area contributed by atoms with Gasteiger partial charge in [0.25, 0.3) is 0 Å². The molecule has 0 aromatic carbocycles. The molecular formula is C33H59N4O10S2Y3-3. The van der Waals surface area contributed by atoms with Crippen LogP contribution in [0.3, 0.4) is 0 Å². The van der Waals surface area contributed by atoms with Gasteiger partial charge in [0.15, 0.2) is 0 Å². The maximum atomic E-state index is 13.3. The number of carbonyl (C=O) groups is 4. The Hall–Kier alpha value is 1.65. The average Bonchev–Trinajstić information content (AvgIpc) is 3.61. The SMILES string of the molecule is [CH2-]COCCNC(=O)CCOCC(COCCC(=O)NCCOC[CH2-])(COCCC(=O)NCCOC[CH2-])NC(=O)CCCCC1CCSS1.[Y].[Y].[Y]. The number of rotatable bonds is 33. The Bertz CT molecular complexity index is 822. The van der Waals surface area contributed by atoms with Crippen molar-refractivity contribution in [3.05, 3.63) is 20.8 Å². The molecule has 3 radical (unpaired) electrons. The minimum absolute atomic E-state index is 0. The summed E-state index contributed by atoms with van der Waals surface area (Å²) in [6.45, 7) is 14.1. The second-order valence-electron chi connectivity index (χ2n) is 11.2. The average molecular weight is 1000 g/mol. The standard InChI is InChI=1S/C33H59N4O10S2.3Y/c1-4-42-21-15-34-29(38)11-18-45-25-33(26-46-19-12-30(39)35-16-22-43-5-2,27-47-20-13-31(40)36-17-23-44-6-3)37-32(41)10-8-7-9-28-14-24-48-49-28;;;/h28H,1-27H2,(H,34,38)(H,35,39)(H,36,40)(H,37,41);;;/q-3;;;. The molecule has 0 bridgehead atoms. The Morgan fingerprint density at radius 2 is 1.00 bits per heavy atom. The first-order valence-electron chi connectivity index (χ1n) is 17.1. The predicted octanol–water partition coefficient (Wildman–Crippen LogP) is 1.67. The molecule has 1 heterocycles. The maximum Gasteiger partial charge on any atom is 0.222 e. The molecule has 0 spiro atoms. The molecule has 0 aromatic rings. The van der Waals surface area contributed by atoms with Crippen LogP contribution in [0.25, 0.3) is 0 Å². The summed E-state index contributed by atoms with van der Waals surface area (Å²) < 4.78 is 33.2. The molecular weight excluding hydrogens is 943 g/mol.